The first-order valence-electron chi connectivity index (χ1n) is 8.21. The molecule has 0 bridgehead atoms. The zero-order chi connectivity index (χ0) is 17.9. The summed E-state index contributed by atoms with van der Waals surface area (Å²) in [5.74, 6) is 1.96. The molecule has 3 aromatic heterocycles. The van der Waals surface area contributed by atoms with Crippen LogP contribution in [0.25, 0.3) is 17.4 Å². The smallest absolute Gasteiger partial charge is 0.259 e. The van der Waals surface area contributed by atoms with Crippen molar-refractivity contribution in [2.24, 2.45) is 0 Å². The molecule has 0 atom stereocenters. The molecule has 132 valence electrons. The SMILES string of the molecule is Nc1ccc(CCCNc2nc(N)n3nc(-c4ccco4)nc3n2)cc1. The number of anilines is 3. The zero-order valence-electron chi connectivity index (χ0n) is 14.0. The molecule has 0 spiro atoms. The van der Waals surface area contributed by atoms with Crippen LogP contribution in [0.3, 0.4) is 0 Å². The van der Waals surface area contributed by atoms with E-state index in [0.717, 1.165) is 18.5 Å². The Bertz CT molecular complexity index is 1010. The van der Waals surface area contributed by atoms with Crippen LogP contribution in [0.5, 0.6) is 0 Å². The maximum Gasteiger partial charge on any atom is 0.259 e. The first kappa shape index (κ1) is 15.9. The molecule has 1 aromatic carbocycles. The zero-order valence-corrected chi connectivity index (χ0v) is 14.0. The summed E-state index contributed by atoms with van der Waals surface area (Å²) in [7, 11) is 0. The van der Waals surface area contributed by atoms with Crippen molar-refractivity contribution in [3.63, 3.8) is 0 Å². The number of hydrogen-bond donors (Lipinski definition) is 3. The van der Waals surface area contributed by atoms with E-state index < -0.39 is 0 Å². The maximum atomic E-state index is 5.96. The number of fused-ring (bicyclic) bond motifs is 1. The van der Waals surface area contributed by atoms with Crippen molar-refractivity contribution in [2.75, 3.05) is 23.3 Å². The van der Waals surface area contributed by atoms with Gasteiger partial charge in [0.2, 0.25) is 17.7 Å². The number of nitrogen functional groups attached to an aromatic ring is 2. The highest BCUT2D eigenvalue weighted by molar-refractivity contribution is 5.52. The van der Waals surface area contributed by atoms with Gasteiger partial charge in [0.15, 0.2) is 5.76 Å². The molecule has 4 rings (SSSR count). The molecule has 5 N–H and O–H groups in total. The number of furan rings is 1. The largest absolute Gasteiger partial charge is 0.461 e. The molecule has 0 aliphatic rings. The molecular weight excluding hydrogens is 332 g/mol. The molecule has 0 fully saturated rings. The van der Waals surface area contributed by atoms with Crippen LogP contribution < -0.4 is 16.8 Å². The monoisotopic (exact) mass is 350 g/mol. The molecule has 9 nitrogen and oxygen atoms in total. The van der Waals surface area contributed by atoms with Gasteiger partial charge < -0.3 is 21.2 Å². The molecular formula is C17H18N8O. The highest BCUT2D eigenvalue weighted by Gasteiger charge is 2.13. The second-order valence-electron chi connectivity index (χ2n) is 5.80. The third-order valence-electron chi connectivity index (χ3n) is 3.88. The Hall–Kier alpha value is -3.62. The summed E-state index contributed by atoms with van der Waals surface area (Å²) in [5.41, 5.74) is 13.7. The van der Waals surface area contributed by atoms with Crippen molar-refractivity contribution in [3.8, 4) is 11.6 Å². The predicted molar refractivity (Wildman–Crippen MR) is 98.4 cm³/mol. The Labute approximate surface area is 149 Å². The molecule has 0 aliphatic carbocycles. The van der Waals surface area contributed by atoms with Crippen LogP contribution in [0.2, 0.25) is 0 Å². The van der Waals surface area contributed by atoms with E-state index in [2.05, 4.69) is 25.4 Å². The number of aryl methyl sites for hydroxylation is 1. The van der Waals surface area contributed by atoms with Crippen LogP contribution in [0, 0.1) is 0 Å². The minimum atomic E-state index is 0.210. The van der Waals surface area contributed by atoms with Gasteiger partial charge in [0.1, 0.15) is 0 Å². The highest BCUT2D eigenvalue weighted by atomic mass is 16.3. The number of hydrogen-bond acceptors (Lipinski definition) is 8. The molecule has 3 heterocycles. The van der Waals surface area contributed by atoms with Gasteiger partial charge in [0, 0.05) is 12.2 Å². The topological polar surface area (TPSA) is 133 Å². The Morgan fingerprint density at radius 1 is 1.04 bits per heavy atom. The van der Waals surface area contributed by atoms with E-state index in [1.165, 1.54) is 10.1 Å². The number of nitrogens with one attached hydrogen (secondary N) is 1. The fraction of sp³-hybridized carbons (Fsp3) is 0.176. The van der Waals surface area contributed by atoms with E-state index in [0.29, 0.717) is 29.9 Å². The van der Waals surface area contributed by atoms with Crippen molar-refractivity contribution in [3.05, 3.63) is 48.2 Å². The molecule has 4 aromatic rings. The normalized spacial score (nSPS) is 11.1. The number of aromatic nitrogens is 5. The first-order valence-corrected chi connectivity index (χ1v) is 8.21. The van der Waals surface area contributed by atoms with E-state index in [1.54, 1.807) is 18.4 Å². The third kappa shape index (κ3) is 3.27. The average molecular weight is 350 g/mol. The lowest BCUT2D eigenvalue weighted by molar-refractivity contribution is 0.577. The molecule has 26 heavy (non-hydrogen) atoms. The fourth-order valence-corrected chi connectivity index (χ4v) is 2.57. The summed E-state index contributed by atoms with van der Waals surface area (Å²) >= 11 is 0. The van der Waals surface area contributed by atoms with Crippen molar-refractivity contribution in [2.45, 2.75) is 12.8 Å². The summed E-state index contributed by atoms with van der Waals surface area (Å²) < 4.78 is 6.68. The highest BCUT2D eigenvalue weighted by Crippen LogP contribution is 2.17. The molecule has 0 saturated heterocycles. The van der Waals surface area contributed by atoms with Gasteiger partial charge in [0.05, 0.1) is 6.26 Å². The minimum Gasteiger partial charge on any atom is -0.461 e. The summed E-state index contributed by atoms with van der Waals surface area (Å²) in [4.78, 5) is 12.9. The van der Waals surface area contributed by atoms with Crippen molar-refractivity contribution in [1.82, 2.24) is 24.6 Å². The summed E-state index contributed by atoms with van der Waals surface area (Å²) in [6.45, 7) is 0.708. The van der Waals surface area contributed by atoms with Crippen LogP contribution in [-0.4, -0.2) is 31.1 Å². The number of benzene rings is 1. The van der Waals surface area contributed by atoms with E-state index in [-0.39, 0.29) is 5.95 Å². The van der Waals surface area contributed by atoms with Crippen LogP contribution in [-0.2, 0) is 6.42 Å². The third-order valence-corrected chi connectivity index (χ3v) is 3.88. The number of nitrogens with zero attached hydrogens (tertiary/aromatic N) is 5. The Morgan fingerprint density at radius 3 is 2.65 bits per heavy atom. The van der Waals surface area contributed by atoms with Gasteiger partial charge in [-0.05, 0) is 42.7 Å². The summed E-state index contributed by atoms with van der Waals surface area (Å²) in [5, 5.41) is 7.43. The van der Waals surface area contributed by atoms with Crippen LogP contribution in [0.1, 0.15) is 12.0 Å². The average Bonchev–Trinajstić information content (AvgIpc) is 3.30. The quantitative estimate of drug-likeness (QED) is 0.355. The molecule has 0 saturated carbocycles. The molecule has 0 radical (unpaired) electrons. The van der Waals surface area contributed by atoms with Gasteiger partial charge >= 0.3 is 0 Å². The first-order chi connectivity index (χ1) is 12.7. The van der Waals surface area contributed by atoms with Gasteiger partial charge in [-0.15, -0.1) is 5.10 Å². The van der Waals surface area contributed by atoms with Crippen LogP contribution >= 0.6 is 0 Å². The predicted octanol–water partition coefficient (Wildman–Crippen LogP) is 1.99. The van der Waals surface area contributed by atoms with Crippen molar-refractivity contribution in [1.29, 1.82) is 0 Å². The van der Waals surface area contributed by atoms with Gasteiger partial charge in [-0.3, -0.25) is 0 Å². The second-order valence-corrected chi connectivity index (χ2v) is 5.80. The molecule has 9 heteroatoms. The van der Waals surface area contributed by atoms with E-state index in [9.17, 15) is 0 Å². The van der Waals surface area contributed by atoms with Crippen molar-refractivity contribution < 1.29 is 4.42 Å². The molecule has 0 aliphatic heterocycles. The lowest BCUT2D eigenvalue weighted by Gasteiger charge is -2.06. The van der Waals surface area contributed by atoms with Crippen LogP contribution in [0.4, 0.5) is 17.6 Å². The van der Waals surface area contributed by atoms with Crippen molar-refractivity contribution >= 4 is 23.4 Å². The summed E-state index contributed by atoms with van der Waals surface area (Å²) in [6.07, 6.45) is 3.41. The fourth-order valence-electron chi connectivity index (χ4n) is 2.57. The number of rotatable bonds is 6. The summed E-state index contributed by atoms with van der Waals surface area (Å²) in [6, 6.07) is 11.4. The van der Waals surface area contributed by atoms with Crippen LogP contribution in [0.15, 0.2) is 47.1 Å². The maximum absolute atomic E-state index is 5.96. The van der Waals surface area contributed by atoms with E-state index in [1.807, 2.05) is 24.3 Å². The lowest BCUT2D eigenvalue weighted by Crippen LogP contribution is -2.11. The molecule has 0 unspecified atom stereocenters. The van der Waals surface area contributed by atoms with Gasteiger partial charge in [0.25, 0.3) is 5.78 Å². The van der Waals surface area contributed by atoms with E-state index in [4.69, 9.17) is 15.9 Å². The van der Waals surface area contributed by atoms with Gasteiger partial charge in [-0.2, -0.15) is 19.5 Å². The second kappa shape index (κ2) is 6.71. The van der Waals surface area contributed by atoms with Gasteiger partial charge in [-0.25, -0.2) is 0 Å². The Morgan fingerprint density at radius 2 is 1.88 bits per heavy atom. The number of nitrogens with two attached hydrogens (primary N) is 2. The van der Waals surface area contributed by atoms with E-state index >= 15 is 0 Å². The molecule has 0 amide bonds. The Kier molecular flexibility index (Phi) is 4.10. The van der Waals surface area contributed by atoms with Gasteiger partial charge in [-0.1, -0.05) is 12.1 Å². The lowest BCUT2D eigenvalue weighted by atomic mass is 10.1. The Balaban J connectivity index is 1.42. The standard InChI is InChI=1S/C17H18N8O/c18-12-7-5-11(6-8-12)3-1-9-20-16-22-15(19)25-17(23-16)21-14(24-25)13-4-2-10-26-13/h2,4-8,10H,1,3,9,18H2,(H3,19,20,21,22,23,24). The minimum absolute atomic E-state index is 0.210.